The summed E-state index contributed by atoms with van der Waals surface area (Å²) in [7, 11) is 0. The number of rotatable bonds is 3. The maximum Gasteiger partial charge on any atom is 0.252 e. The summed E-state index contributed by atoms with van der Waals surface area (Å²) in [5.74, 6) is -0.345. The van der Waals surface area contributed by atoms with Crippen molar-refractivity contribution in [3.05, 3.63) is 35.6 Å². The Labute approximate surface area is 92.6 Å². The van der Waals surface area contributed by atoms with E-state index in [0.29, 0.717) is 6.61 Å². The summed E-state index contributed by atoms with van der Waals surface area (Å²) in [6, 6.07) is 6.42. The molecule has 0 bridgehead atoms. The van der Waals surface area contributed by atoms with Crippen LogP contribution in [0.4, 0.5) is 4.39 Å². The molecule has 1 amide bonds. The van der Waals surface area contributed by atoms with Crippen molar-refractivity contribution in [3.63, 3.8) is 0 Å². The summed E-state index contributed by atoms with van der Waals surface area (Å²) in [5, 5.41) is 2.94. The van der Waals surface area contributed by atoms with E-state index in [1.807, 2.05) is 6.07 Å². The molecule has 1 aliphatic carbocycles. The van der Waals surface area contributed by atoms with E-state index in [4.69, 9.17) is 4.74 Å². The average molecular weight is 221 g/mol. The SMILES string of the molecule is O=C(NC1(c2cccc(F)c2)CC1)C1CO1. The molecule has 1 aromatic carbocycles. The summed E-state index contributed by atoms with van der Waals surface area (Å²) in [5.41, 5.74) is 0.506. The molecule has 16 heavy (non-hydrogen) atoms. The number of carbonyl (C=O) groups excluding carboxylic acids is 1. The van der Waals surface area contributed by atoms with E-state index in [1.54, 1.807) is 6.07 Å². The van der Waals surface area contributed by atoms with Crippen LogP contribution < -0.4 is 5.32 Å². The van der Waals surface area contributed by atoms with Gasteiger partial charge >= 0.3 is 0 Å². The Morgan fingerprint density at radius 3 is 2.81 bits per heavy atom. The van der Waals surface area contributed by atoms with Gasteiger partial charge in [0.1, 0.15) is 5.82 Å². The third kappa shape index (κ3) is 1.69. The number of halogens is 1. The molecule has 1 unspecified atom stereocenters. The molecule has 1 heterocycles. The van der Waals surface area contributed by atoms with Crippen LogP contribution in [0.3, 0.4) is 0 Å². The molecule has 1 atom stereocenters. The van der Waals surface area contributed by atoms with E-state index in [0.717, 1.165) is 18.4 Å². The van der Waals surface area contributed by atoms with Crippen LogP contribution in [0.2, 0.25) is 0 Å². The molecule has 4 heteroatoms. The highest BCUT2D eigenvalue weighted by molar-refractivity contribution is 5.84. The first-order valence-electron chi connectivity index (χ1n) is 5.39. The molecule has 1 saturated heterocycles. The molecule has 0 aromatic heterocycles. The number of amides is 1. The fraction of sp³-hybridized carbons (Fsp3) is 0.417. The monoisotopic (exact) mass is 221 g/mol. The first-order valence-corrected chi connectivity index (χ1v) is 5.39. The second-order valence-corrected chi connectivity index (χ2v) is 4.40. The van der Waals surface area contributed by atoms with Gasteiger partial charge in [-0.2, -0.15) is 0 Å². The van der Waals surface area contributed by atoms with Gasteiger partial charge in [0, 0.05) is 0 Å². The third-order valence-electron chi connectivity index (χ3n) is 3.12. The van der Waals surface area contributed by atoms with Crippen molar-refractivity contribution in [1.29, 1.82) is 0 Å². The smallest absolute Gasteiger partial charge is 0.252 e. The molecule has 3 nitrogen and oxygen atoms in total. The average Bonchev–Trinajstić information content (AvgIpc) is 3.13. The predicted molar refractivity (Wildman–Crippen MR) is 55.2 cm³/mol. The standard InChI is InChI=1S/C12H12FNO2/c13-9-3-1-2-8(6-9)12(4-5-12)14-11(15)10-7-16-10/h1-3,6,10H,4-5,7H2,(H,14,15). The number of hydrogen-bond donors (Lipinski definition) is 1. The van der Waals surface area contributed by atoms with Crippen molar-refractivity contribution in [1.82, 2.24) is 5.32 Å². The zero-order valence-electron chi connectivity index (χ0n) is 8.70. The van der Waals surface area contributed by atoms with Gasteiger partial charge in [-0.25, -0.2) is 4.39 Å². The van der Waals surface area contributed by atoms with Gasteiger partial charge in [-0.15, -0.1) is 0 Å². The Morgan fingerprint density at radius 2 is 2.25 bits per heavy atom. The molecule has 1 N–H and O–H groups in total. The highest BCUT2D eigenvalue weighted by Gasteiger charge is 2.48. The normalized spacial score (nSPS) is 24.9. The molecule has 84 valence electrons. The van der Waals surface area contributed by atoms with Crippen LogP contribution in [0.15, 0.2) is 24.3 Å². The topological polar surface area (TPSA) is 41.6 Å². The van der Waals surface area contributed by atoms with Gasteiger partial charge in [0.05, 0.1) is 12.1 Å². The van der Waals surface area contributed by atoms with Crippen LogP contribution in [0, 0.1) is 5.82 Å². The molecule has 2 aliphatic rings. The minimum absolute atomic E-state index is 0.0817. The van der Waals surface area contributed by atoms with E-state index < -0.39 is 0 Å². The maximum atomic E-state index is 13.1. The van der Waals surface area contributed by atoms with Crippen LogP contribution in [0.5, 0.6) is 0 Å². The molecule has 0 radical (unpaired) electrons. The van der Waals surface area contributed by atoms with Gasteiger partial charge in [-0.05, 0) is 30.5 Å². The summed E-state index contributed by atoms with van der Waals surface area (Å²) in [6.45, 7) is 0.505. The van der Waals surface area contributed by atoms with Crippen molar-refractivity contribution >= 4 is 5.91 Å². The van der Waals surface area contributed by atoms with E-state index in [1.165, 1.54) is 12.1 Å². The first-order chi connectivity index (χ1) is 7.70. The molecule has 3 rings (SSSR count). The Kier molecular flexibility index (Phi) is 2.01. The quantitative estimate of drug-likeness (QED) is 0.782. The van der Waals surface area contributed by atoms with E-state index in [-0.39, 0.29) is 23.4 Å². The van der Waals surface area contributed by atoms with E-state index >= 15 is 0 Å². The number of epoxide rings is 1. The lowest BCUT2D eigenvalue weighted by Crippen LogP contribution is -2.37. The second kappa shape index (κ2) is 3.28. The Morgan fingerprint density at radius 1 is 1.50 bits per heavy atom. The maximum absolute atomic E-state index is 13.1. The van der Waals surface area contributed by atoms with Crippen molar-refractivity contribution < 1.29 is 13.9 Å². The summed E-state index contributed by atoms with van der Waals surface area (Å²) in [6.07, 6.45) is 1.45. The lowest BCUT2D eigenvalue weighted by Gasteiger charge is -2.17. The number of nitrogens with one attached hydrogen (secondary N) is 1. The highest BCUT2D eigenvalue weighted by atomic mass is 19.1. The summed E-state index contributed by atoms with van der Waals surface area (Å²) < 4.78 is 18.0. The molecular formula is C12H12FNO2. The lowest BCUT2D eigenvalue weighted by molar-refractivity contribution is -0.123. The van der Waals surface area contributed by atoms with Gasteiger partial charge in [0.2, 0.25) is 0 Å². The molecule has 1 aliphatic heterocycles. The Bertz CT molecular complexity index is 438. The molecule has 1 aromatic rings. The minimum atomic E-state index is -0.342. The summed E-state index contributed by atoms with van der Waals surface area (Å²) in [4.78, 5) is 11.6. The van der Waals surface area contributed by atoms with Gasteiger partial charge in [-0.3, -0.25) is 4.79 Å². The van der Waals surface area contributed by atoms with Crippen molar-refractivity contribution in [3.8, 4) is 0 Å². The van der Waals surface area contributed by atoms with Crippen LogP contribution >= 0.6 is 0 Å². The third-order valence-corrected chi connectivity index (χ3v) is 3.12. The Balaban J connectivity index is 1.79. The first kappa shape index (κ1) is 9.78. The van der Waals surface area contributed by atoms with Crippen molar-refractivity contribution in [2.45, 2.75) is 24.5 Å². The molecular weight excluding hydrogens is 209 g/mol. The van der Waals surface area contributed by atoms with Crippen LogP contribution in [-0.4, -0.2) is 18.6 Å². The zero-order chi connectivity index (χ0) is 11.2. The van der Waals surface area contributed by atoms with Gasteiger partial charge in [0.25, 0.3) is 5.91 Å². The largest absolute Gasteiger partial charge is 0.363 e. The second-order valence-electron chi connectivity index (χ2n) is 4.40. The zero-order valence-corrected chi connectivity index (χ0v) is 8.70. The van der Waals surface area contributed by atoms with E-state index in [9.17, 15) is 9.18 Å². The lowest BCUT2D eigenvalue weighted by atomic mass is 10.0. The molecule has 2 fully saturated rings. The summed E-state index contributed by atoms with van der Waals surface area (Å²) >= 11 is 0. The number of carbonyl (C=O) groups is 1. The van der Waals surface area contributed by atoms with Crippen LogP contribution in [-0.2, 0) is 15.1 Å². The molecule has 1 saturated carbocycles. The van der Waals surface area contributed by atoms with Crippen LogP contribution in [0.25, 0.3) is 0 Å². The van der Waals surface area contributed by atoms with Crippen LogP contribution in [0.1, 0.15) is 18.4 Å². The van der Waals surface area contributed by atoms with E-state index in [2.05, 4.69) is 5.32 Å². The molecule has 0 spiro atoms. The number of benzene rings is 1. The predicted octanol–water partition coefficient (Wildman–Crippen LogP) is 1.33. The van der Waals surface area contributed by atoms with Crippen molar-refractivity contribution in [2.75, 3.05) is 6.61 Å². The highest BCUT2D eigenvalue weighted by Crippen LogP contribution is 2.45. The fourth-order valence-corrected chi connectivity index (χ4v) is 1.91. The Hall–Kier alpha value is -1.42. The number of hydrogen-bond acceptors (Lipinski definition) is 2. The number of ether oxygens (including phenoxy) is 1. The van der Waals surface area contributed by atoms with Gasteiger partial charge in [-0.1, -0.05) is 12.1 Å². The fourth-order valence-electron chi connectivity index (χ4n) is 1.91. The minimum Gasteiger partial charge on any atom is -0.363 e. The van der Waals surface area contributed by atoms with Gasteiger partial charge < -0.3 is 10.1 Å². The van der Waals surface area contributed by atoms with Gasteiger partial charge in [0.15, 0.2) is 6.10 Å². The van der Waals surface area contributed by atoms with Crippen molar-refractivity contribution in [2.24, 2.45) is 0 Å².